The lowest BCUT2D eigenvalue weighted by Gasteiger charge is -2.14. The van der Waals surface area contributed by atoms with Gasteiger partial charge in [-0.15, -0.1) is 0 Å². The molecule has 18 aromatic carbocycles. The monoisotopic (exact) mass is 1920 g/mol. The SMILES string of the molecule is c1ccc(-c2cc(-c3ccccc3)nc(-n3c4ccc(-c5cccc6c5c5ccccc5n6-c5ccccc5)cc4c4ncccc43)c2)cc1.c1ccc(-c2cc(-n3c4ccc(-c5cccc6c5c5ccccc5n6-c5ccccc5)cc4c4ncccc43)cc(-c3ccccc3)n2)cc1.c1ccc(-c2ncc(-n3c4ccc(-c5cccc6c5c5ccccc5n6-c5ccccc5)cc4c4ncccc43)c(-c3ccccc3)n2)cc1. The van der Waals surface area contributed by atoms with E-state index in [9.17, 15) is 0 Å². The average Bonchev–Trinajstić information content (AvgIpc) is 1.57. The Morgan fingerprint density at radius 3 is 0.873 bits per heavy atom. The maximum Gasteiger partial charge on any atom is 0.159 e. The summed E-state index contributed by atoms with van der Waals surface area (Å²) in [6, 6.07) is 182. The van der Waals surface area contributed by atoms with Gasteiger partial charge in [-0.25, -0.2) is 19.9 Å². The lowest BCUT2D eigenvalue weighted by atomic mass is 9.98. The van der Waals surface area contributed by atoms with Gasteiger partial charge in [-0.1, -0.05) is 346 Å². The molecule has 12 heterocycles. The Hall–Kier alpha value is -20.4. The highest BCUT2D eigenvalue weighted by Gasteiger charge is 2.28. The Balaban J connectivity index is 0.000000108. The molecular weight excluding hydrogens is 1830 g/mol. The number of hydrogen-bond donors (Lipinski definition) is 0. The molecule has 30 rings (SSSR count). The van der Waals surface area contributed by atoms with E-state index in [0.717, 1.165) is 178 Å². The number of pyridine rings is 5. The minimum Gasteiger partial charge on any atom is -0.309 e. The van der Waals surface area contributed by atoms with E-state index in [1.807, 2.05) is 97.6 Å². The summed E-state index contributed by atoms with van der Waals surface area (Å²) < 4.78 is 14.0. The first-order valence-corrected chi connectivity index (χ1v) is 50.6. The molecule has 0 aliphatic rings. The Kier molecular flexibility index (Phi) is 21.6. The predicted octanol–water partition coefficient (Wildman–Crippen LogP) is 34.4. The van der Waals surface area contributed by atoms with Gasteiger partial charge >= 0.3 is 0 Å². The first-order chi connectivity index (χ1) is 74.5. The second-order valence-electron chi connectivity index (χ2n) is 37.8. The van der Waals surface area contributed by atoms with Crippen LogP contribution in [0.2, 0.25) is 0 Å². The van der Waals surface area contributed by atoms with E-state index in [0.29, 0.717) is 5.82 Å². The van der Waals surface area contributed by atoms with Gasteiger partial charge in [-0.05, 0) is 214 Å². The van der Waals surface area contributed by atoms with Crippen LogP contribution in [0.25, 0.3) is 266 Å². The minimum absolute atomic E-state index is 0.692. The Morgan fingerprint density at radius 1 is 0.160 bits per heavy atom. The van der Waals surface area contributed by atoms with Crippen LogP contribution in [0, 0.1) is 0 Å². The number of nitrogens with zero attached hydrogens (tertiary/aromatic N) is 13. The molecule has 0 spiro atoms. The van der Waals surface area contributed by atoms with Gasteiger partial charge in [0.2, 0.25) is 0 Å². The quantitative estimate of drug-likeness (QED) is 0.100. The summed E-state index contributed by atoms with van der Waals surface area (Å²) >= 11 is 0. The Morgan fingerprint density at radius 2 is 0.467 bits per heavy atom. The van der Waals surface area contributed by atoms with Crippen molar-refractivity contribution in [2.75, 3.05) is 0 Å². The van der Waals surface area contributed by atoms with Crippen molar-refractivity contribution >= 4 is 131 Å². The molecule has 0 amide bonds. The third kappa shape index (κ3) is 15.1. The van der Waals surface area contributed by atoms with E-state index in [-0.39, 0.29) is 0 Å². The molecule has 13 nitrogen and oxygen atoms in total. The maximum absolute atomic E-state index is 5.29. The zero-order valence-electron chi connectivity index (χ0n) is 81.2. The van der Waals surface area contributed by atoms with Gasteiger partial charge in [0.25, 0.3) is 0 Å². The molecule has 0 saturated heterocycles. The number of benzene rings is 18. The van der Waals surface area contributed by atoms with Crippen LogP contribution in [0.1, 0.15) is 0 Å². The third-order valence-electron chi connectivity index (χ3n) is 29.1. The molecule has 0 N–H and O–H groups in total. The van der Waals surface area contributed by atoms with Crippen molar-refractivity contribution in [1.29, 1.82) is 0 Å². The molecule has 150 heavy (non-hydrogen) atoms. The molecule has 702 valence electrons. The molecule has 0 saturated carbocycles. The summed E-state index contributed by atoms with van der Waals surface area (Å²) in [6.45, 7) is 0. The summed E-state index contributed by atoms with van der Waals surface area (Å²) in [6.07, 6.45) is 7.61. The van der Waals surface area contributed by atoms with Gasteiger partial charge in [-0.3, -0.25) is 19.5 Å². The van der Waals surface area contributed by atoms with Gasteiger partial charge in [0.15, 0.2) is 5.82 Å². The van der Waals surface area contributed by atoms with Crippen molar-refractivity contribution in [2.24, 2.45) is 0 Å². The van der Waals surface area contributed by atoms with Crippen LogP contribution >= 0.6 is 0 Å². The van der Waals surface area contributed by atoms with E-state index >= 15 is 0 Å². The van der Waals surface area contributed by atoms with E-state index in [1.54, 1.807) is 0 Å². The zero-order chi connectivity index (χ0) is 99.1. The third-order valence-corrected chi connectivity index (χ3v) is 29.1. The first kappa shape index (κ1) is 87.4. The number of rotatable bonds is 15. The van der Waals surface area contributed by atoms with Crippen molar-refractivity contribution in [3.8, 4) is 135 Å². The molecule has 0 fully saturated rings. The summed E-state index contributed by atoms with van der Waals surface area (Å²) in [7, 11) is 0. The van der Waals surface area contributed by atoms with Crippen LogP contribution in [0.3, 0.4) is 0 Å². The fourth-order valence-electron chi connectivity index (χ4n) is 22.6. The summed E-state index contributed by atoms with van der Waals surface area (Å²) in [5.74, 6) is 1.55. The molecule has 0 aliphatic heterocycles. The maximum atomic E-state index is 5.29. The molecule has 30 aromatic rings. The first-order valence-electron chi connectivity index (χ1n) is 50.6. The fraction of sp³-hybridized carbons (Fsp3) is 0. The predicted molar refractivity (Wildman–Crippen MR) is 619 cm³/mol. The second kappa shape index (κ2) is 37.1. The van der Waals surface area contributed by atoms with Gasteiger partial charge in [0.1, 0.15) is 5.82 Å². The lowest BCUT2D eigenvalue weighted by Crippen LogP contribution is -2.02. The molecule has 0 aliphatic carbocycles. The Labute approximate surface area is 863 Å². The van der Waals surface area contributed by atoms with Crippen LogP contribution in [0.4, 0.5) is 0 Å². The van der Waals surface area contributed by atoms with Crippen molar-refractivity contribution in [3.05, 3.63) is 540 Å². The van der Waals surface area contributed by atoms with Crippen molar-refractivity contribution in [1.82, 2.24) is 62.3 Å². The molecule has 0 unspecified atom stereocenters. The summed E-state index contributed by atoms with van der Waals surface area (Å²) in [5.41, 5.74) is 39.9. The van der Waals surface area contributed by atoms with Crippen LogP contribution in [0.15, 0.2) is 540 Å². The largest absolute Gasteiger partial charge is 0.309 e. The highest BCUT2D eigenvalue weighted by Crippen LogP contribution is 2.48. The van der Waals surface area contributed by atoms with Crippen LogP contribution in [0.5, 0.6) is 0 Å². The van der Waals surface area contributed by atoms with Gasteiger partial charge in [-0.2, -0.15) is 0 Å². The summed E-state index contributed by atoms with van der Waals surface area (Å²) in [5, 5.41) is 10.7. The van der Waals surface area contributed by atoms with E-state index in [4.69, 9.17) is 34.9 Å². The summed E-state index contributed by atoms with van der Waals surface area (Å²) in [4.78, 5) is 35.4. The van der Waals surface area contributed by atoms with Crippen LogP contribution in [-0.4, -0.2) is 62.3 Å². The minimum atomic E-state index is 0.692. The normalized spacial score (nSPS) is 11.6. The number of fused-ring (bicyclic) bond motifs is 18. The van der Waals surface area contributed by atoms with Gasteiger partial charge in [0, 0.05) is 112 Å². The van der Waals surface area contributed by atoms with E-state index in [2.05, 4.69) is 470 Å². The Bertz CT molecular complexity index is 9930. The highest BCUT2D eigenvalue weighted by molar-refractivity contribution is 6.21. The van der Waals surface area contributed by atoms with Gasteiger partial charge in [0.05, 0.1) is 123 Å². The fourth-order valence-corrected chi connectivity index (χ4v) is 22.6. The molecule has 0 atom stereocenters. The second-order valence-corrected chi connectivity index (χ2v) is 37.8. The van der Waals surface area contributed by atoms with Crippen LogP contribution in [-0.2, 0) is 0 Å². The smallest absolute Gasteiger partial charge is 0.159 e. The highest BCUT2D eigenvalue weighted by atomic mass is 15.1. The molecule has 13 heteroatoms. The standard InChI is InChI=1S/2C46H30N4.C45H29N5/c1-4-14-31(15-5-1)34-29-39(32-16-6-2-7-17-32)48-44(30-34)50-41-26-25-33(28-38(41)46-43(50)24-13-27-47-46)36-21-12-23-42-45(36)37-20-10-11-22-40(37)49(42)35-18-8-3-9-19-35;1-4-14-31(15-5-1)39-29-35(30-40(48-39)32-16-6-2-7-17-32)50-42-26-25-33(28-38(42)46-44(50)24-13-27-47-46)36-21-12-23-43-45(36)37-20-10-11-22-41(37)49(43)34-18-8-3-9-19-34;1-4-14-30(15-5-1)43-41(29-47-45(48-43)31-16-6-2-7-17-31)50-38-26-25-32(28-36(38)44-40(50)24-13-27-46-44)34-21-12-23-39-42(34)35-20-10-11-22-37(35)49(39)33-18-8-3-9-19-33/h2*1-30H;1-29H. The molecule has 0 radical (unpaired) electrons. The topological polar surface area (TPSA) is 120 Å². The van der Waals surface area contributed by atoms with Crippen molar-refractivity contribution < 1.29 is 0 Å². The van der Waals surface area contributed by atoms with E-state index < -0.39 is 0 Å². The van der Waals surface area contributed by atoms with E-state index in [1.165, 1.54) is 82.1 Å². The molecule has 0 bridgehead atoms. The number of para-hydroxylation sites is 6. The number of hydrogen-bond acceptors (Lipinski definition) is 7. The molecule has 12 aromatic heterocycles. The van der Waals surface area contributed by atoms with Crippen LogP contribution < -0.4 is 0 Å². The zero-order valence-corrected chi connectivity index (χ0v) is 81.2. The van der Waals surface area contributed by atoms with Gasteiger partial charge < -0.3 is 22.8 Å². The molecular formula is C137H89N13. The lowest BCUT2D eigenvalue weighted by molar-refractivity contribution is 1.08. The average molecular weight is 1920 g/mol. The van der Waals surface area contributed by atoms with Crippen molar-refractivity contribution in [3.63, 3.8) is 0 Å². The van der Waals surface area contributed by atoms with Crippen molar-refractivity contribution in [2.45, 2.75) is 0 Å². The number of aromatic nitrogens is 13.